The predicted molar refractivity (Wildman–Crippen MR) is 132 cm³/mol. The van der Waals surface area contributed by atoms with E-state index in [0.717, 1.165) is 35.4 Å². The molecule has 0 aliphatic heterocycles. The normalized spacial score (nSPS) is 11.1. The fourth-order valence-electron chi connectivity index (χ4n) is 3.05. The molecule has 4 nitrogen and oxygen atoms in total. The molecule has 0 saturated carbocycles. The van der Waals surface area contributed by atoms with Gasteiger partial charge in [0.25, 0.3) is 0 Å². The lowest BCUT2D eigenvalue weighted by Gasteiger charge is -2.27. The summed E-state index contributed by atoms with van der Waals surface area (Å²) in [5.74, 6) is 1.49. The molecule has 0 amide bonds. The van der Waals surface area contributed by atoms with Crippen LogP contribution in [0.4, 0.5) is 0 Å². The van der Waals surface area contributed by atoms with Crippen molar-refractivity contribution in [3.63, 3.8) is 0 Å². The molecule has 2 rings (SSSR count). The highest BCUT2D eigenvalue weighted by molar-refractivity contribution is 7.96. The molecule has 0 unspecified atom stereocenters. The van der Waals surface area contributed by atoms with Gasteiger partial charge in [0.1, 0.15) is 25.0 Å². The van der Waals surface area contributed by atoms with Gasteiger partial charge in [0.2, 0.25) is 0 Å². The van der Waals surface area contributed by atoms with Gasteiger partial charge in [-0.05, 0) is 53.6 Å². The smallest absolute Gasteiger partial charge is 0.155 e. The van der Waals surface area contributed by atoms with Crippen molar-refractivity contribution in [2.75, 3.05) is 31.9 Å². The summed E-state index contributed by atoms with van der Waals surface area (Å²) in [5.41, 5.74) is 3.08. The van der Waals surface area contributed by atoms with Crippen LogP contribution in [0, 0.1) is 11.3 Å². The largest absolute Gasteiger partial charge is 0.489 e. The molecular weight excluding hydrogens is 451 g/mol. The van der Waals surface area contributed by atoms with E-state index in [9.17, 15) is 5.26 Å². The number of hydrogen-bond donors (Lipinski definition) is 1. The molecule has 166 valence electrons. The van der Waals surface area contributed by atoms with Crippen LogP contribution >= 0.6 is 35.1 Å². The molecule has 0 aromatic heterocycles. The van der Waals surface area contributed by atoms with Gasteiger partial charge < -0.3 is 9.47 Å². The van der Waals surface area contributed by atoms with E-state index in [-0.39, 0.29) is 5.41 Å². The second-order valence-electron chi connectivity index (χ2n) is 7.52. The zero-order valence-electron chi connectivity index (χ0n) is 18.1. The molecule has 0 aliphatic rings. The monoisotopic (exact) mass is 478 g/mol. The Morgan fingerprint density at radius 3 is 2.52 bits per heavy atom. The maximum absolute atomic E-state index is 9.56. The maximum Gasteiger partial charge on any atom is 0.155 e. The summed E-state index contributed by atoms with van der Waals surface area (Å²) in [6.45, 7) is 9.90. The molecule has 31 heavy (non-hydrogen) atoms. The van der Waals surface area contributed by atoms with E-state index in [4.69, 9.17) is 32.7 Å². The van der Waals surface area contributed by atoms with Crippen molar-refractivity contribution in [2.24, 2.45) is 0 Å². The van der Waals surface area contributed by atoms with Crippen molar-refractivity contribution < 1.29 is 9.47 Å². The van der Waals surface area contributed by atoms with Gasteiger partial charge in [-0.2, -0.15) is 5.26 Å². The molecule has 0 heterocycles. The van der Waals surface area contributed by atoms with Gasteiger partial charge in [0, 0.05) is 12.0 Å². The number of rotatable bonds is 12. The van der Waals surface area contributed by atoms with Crippen molar-refractivity contribution in [3.05, 3.63) is 70.3 Å². The number of alkyl halides is 1. The molecule has 0 spiro atoms. The molecule has 2 aromatic carbocycles. The average molecular weight is 479 g/mol. The zero-order chi connectivity index (χ0) is 22.9. The van der Waals surface area contributed by atoms with Gasteiger partial charge in [0.15, 0.2) is 5.75 Å². The first kappa shape index (κ1) is 25.4. The van der Waals surface area contributed by atoms with Crippen LogP contribution in [0.1, 0.15) is 37.0 Å². The van der Waals surface area contributed by atoms with Gasteiger partial charge in [0.05, 0.1) is 16.5 Å². The lowest BCUT2D eigenvalue weighted by Crippen LogP contribution is -2.19. The van der Waals surface area contributed by atoms with Crippen molar-refractivity contribution >= 4 is 35.1 Å². The third-order valence-corrected chi connectivity index (χ3v) is 5.88. The second kappa shape index (κ2) is 12.3. The summed E-state index contributed by atoms with van der Waals surface area (Å²) in [5, 5.41) is 9.97. The Bertz CT molecular complexity index is 924. The number of halogens is 2. The summed E-state index contributed by atoms with van der Waals surface area (Å²) in [7, 11) is 0. The fourth-order valence-corrected chi connectivity index (χ4v) is 3.70. The number of nitriles is 1. The van der Waals surface area contributed by atoms with Crippen LogP contribution in [0.2, 0.25) is 5.02 Å². The van der Waals surface area contributed by atoms with Crippen molar-refractivity contribution in [1.29, 1.82) is 5.26 Å². The summed E-state index contributed by atoms with van der Waals surface area (Å²) in [6, 6.07) is 13.8. The van der Waals surface area contributed by atoms with Crippen molar-refractivity contribution in [1.82, 2.24) is 4.72 Å². The number of benzene rings is 2. The topological polar surface area (TPSA) is 54.3 Å². The van der Waals surface area contributed by atoms with Gasteiger partial charge in [-0.15, -0.1) is 11.6 Å². The van der Waals surface area contributed by atoms with Crippen LogP contribution < -0.4 is 14.2 Å². The summed E-state index contributed by atoms with van der Waals surface area (Å²) in [6.07, 6.45) is 2.87. The Labute approximate surface area is 199 Å². The zero-order valence-corrected chi connectivity index (χ0v) is 20.5. The third kappa shape index (κ3) is 7.08. The van der Waals surface area contributed by atoms with Gasteiger partial charge in [-0.25, -0.2) is 0 Å². The molecular formula is C24H28Cl2N2O2S. The standard InChI is InChI=1S/C24H28Cl2N2O2S/c1-17(9-11-28-31-4)16-30-21-7-5-19(6-8-21)24(2,3)20-13-18(15-27)23(22(26)14-20)29-12-10-25/h5-8,13-14,28H,1,9-12,16H2,2-4H3. The number of nitrogens with zero attached hydrogens (tertiary/aromatic N) is 1. The summed E-state index contributed by atoms with van der Waals surface area (Å²) < 4.78 is 14.6. The Balaban J connectivity index is 2.14. The van der Waals surface area contributed by atoms with Crippen LogP contribution in [0.5, 0.6) is 11.5 Å². The molecule has 0 aliphatic carbocycles. The van der Waals surface area contributed by atoms with Crippen molar-refractivity contribution in [2.45, 2.75) is 25.7 Å². The average Bonchev–Trinajstić information content (AvgIpc) is 2.76. The Morgan fingerprint density at radius 2 is 1.90 bits per heavy atom. The maximum atomic E-state index is 9.56. The van der Waals surface area contributed by atoms with E-state index in [1.165, 1.54) is 0 Å². The first-order valence-corrected chi connectivity index (χ1v) is 12.1. The summed E-state index contributed by atoms with van der Waals surface area (Å²) >= 11 is 13.7. The highest BCUT2D eigenvalue weighted by atomic mass is 35.5. The van der Waals surface area contributed by atoms with Crippen molar-refractivity contribution in [3.8, 4) is 17.6 Å². The number of hydrogen-bond acceptors (Lipinski definition) is 5. The highest BCUT2D eigenvalue weighted by Crippen LogP contribution is 2.38. The van der Waals surface area contributed by atoms with Gasteiger partial charge >= 0.3 is 0 Å². The minimum atomic E-state index is -0.369. The van der Waals surface area contributed by atoms with Crippen LogP contribution in [0.25, 0.3) is 0 Å². The molecule has 0 bridgehead atoms. The van der Waals surface area contributed by atoms with E-state index in [1.54, 1.807) is 11.9 Å². The lowest BCUT2D eigenvalue weighted by atomic mass is 9.77. The Morgan fingerprint density at radius 1 is 1.19 bits per heavy atom. The van der Waals surface area contributed by atoms with E-state index < -0.39 is 0 Å². The molecule has 0 atom stereocenters. The predicted octanol–water partition coefficient (Wildman–Crippen LogP) is 6.35. The van der Waals surface area contributed by atoms with E-state index in [1.807, 2.05) is 42.7 Å². The Hall–Kier alpha value is -1.84. The van der Waals surface area contributed by atoms with Crippen LogP contribution in [-0.2, 0) is 5.41 Å². The highest BCUT2D eigenvalue weighted by Gasteiger charge is 2.26. The third-order valence-electron chi connectivity index (χ3n) is 4.95. The SMILES string of the molecule is C=C(CCNSC)COc1ccc(C(C)(C)c2cc(Cl)c(OCCCl)c(C#N)c2)cc1. The molecule has 0 fully saturated rings. The van der Waals surface area contributed by atoms with E-state index >= 15 is 0 Å². The Kier molecular flexibility index (Phi) is 10.1. The molecule has 7 heteroatoms. The van der Waals surface area contributed by atoms with Crippen LogP contribution in [-0.4, -0.2) is 31.9 Å². The van der Waals surface area contributed by atoms with E-state index in [2.05, 4.69) is 31.2 Å². The minimum absolute atomic E-state index is 0.292. The van der Waals surface area contributed by atoms with E-state index in [0.29, 0.717) is 35.4 Å². The first-order valence-electron chi connectivity index (χ1n) is 9.92. The van der Waals surface area contributed by atoms with Gasteiger partial charge in [-0.1, -0.05) is 56.1 Å². The molecule has 0 radical (unpaired) electrons. The van der Waals surface area contributed by atoms with Gasteiger partial charge in [-0.3, -0.25) is 4.72 Å². The fraction of sp³-hybridized carbons (Fsp3) is 0.375. The summed E-state index contributed by atoms with van der Waals surface area (Å²) in [4.78, 5) is 0. The van der Waals surface area contributed by atoms with Crippen LogP contribution in [0.15, 0.2) is 48.6 Å². The number of ether oxygens (including phenoxy) is 2. The molecule has 2 aromatic rings. The quantitative estimate of drug-likeness (QED) is 0.166. The number of nitrogens with one attached hydrogen (secondary N) is 1. The molecule has 1 N–H and O–H groups in total. The first-order chi connectivity index (χ1) is 14.8. The lowest BCUT2D eigenvalue weighted by molar-refractivity contribution is 0.341. The van der Waals surface area contributed by atoms with Crippen LogP contribution in [0.3, 0.4) is 0 Å². The second-order valence-corrected chi connectivity index (χ2v) is 9.00. The molecule has 0 saturated heterocycles. The minimum Gasteiger partial charge on any atom is -0.489 e.